The Morgan fingerprint density at radius 2 is 1.51 bits per heavy atom. The zero-order chi connectivity index (χ0) is 26.8. The van der Waals surface area contributed by atoms with Crippen molar-refractivity contribution in [1.29, 1.82) is 0 Å². The van der Waals surface area contributed by atoms with Gasteiger partial charge in [0.05, 0.1) is 45.6 Å². The van der Waals surface area contributed by atoms with Crippen LogP contribution in [0.1, 0.15) is 12.0 Å². The third kappa shape index (κ3) is 7.32. The van der Waals surface area contributed by atoms with Gasteiger partial charge in [0.25, 0.3) is 11.8 Å². The largest absolute Gasteiger partial charge is 0.497 e. The van der Waals surface area contributed by atoms with Crippen LogP contribution < -0.4 is 24.3 Å². The summed E-state index contributed by atoms with van der Waals surface area (Å²) in [6, 6.07) is 10.4. The van der Waals surface area contributed by atoms with Gasteiger partial charge >= 0.3 is 0 Å². The zero-order valence-corrected chi connectivity index (χ0v) is 22.1. The van der Waals surface area contributed by atoms with E-state index in [4.69, 9.17) is 18.9 Å². The van der Waals surface area contributed by atoms with E-state index in [9.17, 15) is 14.4 Å². The first-order valence-electron chi connectivity index (χ1n) is 11.5. The van der Waals surface area contributed by atoms with E-state index in [1.165, 1.54) is 42.1 Å². The van der Waals surface area contributed by atoms with Crippen LogP contribution in [0.3, 0.4) is 0 Å². The molecule has 11 heteroatoms. The van der Waals surface area contributed by atoms with Crippen LogP contribution in [0, 0.1) is 0 Å². The third-order valence-corrected chi connectivity index (χ3v) is 6.47. The van der Waals surface area contributed by atoms with E-state index >= 15 is 0 Å². The van der Waals surface area contributed by atoms with Gasteiger partial charge in [-0.2, -0.15) is 0 Å². The molecule has 10 nitrogen and oxygen atoms in total. The number of methoxy groups -OCH3 is 4. The Morgan fingerprint density at radius 3 is 2.19 bits per heavy atom. The Balaban J connectivity index is 1.54. The molecule has 2 aromatic rings. The predicted molar refractivity (Wildman–Crippen MR) is 142 cm³/mol. The number of rotatable bonds is 11. The maximum absolute atomic E-state index is 12.9. The number of hydrogen-bond donors (Lipinski definition) is 1. The molecule has 1 aliphatic rings. The van der Waals surface area contributed by atoms with Crippen molar-refractivity contribution in [1.82, 2.24) is 10.0 Å². The third-order valence-electron chi connectivity index (χ3n) is 5.56. The van der Waals surface area contributed by atoms with E-state index in [2.05, 4.69) is 5.32 Å². The summed E-state index contributed by atoms with van der Waals surface area (Å²) in [5, 5.41) is 5.63. The summed E-state index contributed by atoms with van der Waals surface area (Å²) in [7, 11) is 6.15. The highest BCUT2D eigenvalue weighted by atomic mass is 32.2. The lowest BCUT2D eigenvalue weighted by atomic mass is 10.1. The molecule has 2 aromatic carbocycles. The molecule has 0 aliphatic carbocycles. The second-order valence-corrected chi connectivity index (χ2v) is 8.87. The SMILES string of the molecule is COc1ccc(OC)c(C=CC(=O)N2CCCN2C(=O)CSCC(=O)Nc2cc(OC)ccc2OC)c1. The Hall–Kier alpha value is -3.86. The first-order valence-corrected chi connectivity index (χ1v) is 12.7. The predicted octanol–water partition coefficient (Wildman–Crippen LogP) is 3.08. The van der Waals surface area contributed by atoms with Crippen molar-refractivity contribution in [2.45, 2.75) is 6.42 Å². The normalized spacial score (nSPS) is 13.0. The van der Waals surface area contributed by atoms with Gasteiger partial charge in [-0.3, -0.25) is 19.4 Å². The molecule has 1 aliphatic heterocycles. The van der Waals surface area contributed by atoms with E-state index in [0.717, 1.165) is 0 Å². The maximum atomic E-state index is 12.9. The number of nitrogens with zero attached hydrogens (tertiary/aromatic N) is 2. The van der Waals surface area contributed by atoms with Gasteiger partial charge in [-0.05, 0) is 42.8 Å². The Kier molecular flexibility index (Phi) is 10.1. The second-order valence-electron chi connectivity index (χ2n) is 7.88. The number of benzene rings is 2. The number of amides is 3. The van der Waals surface area contributed by atoms with Crippen LogP contribution in [-0.2, 0) is 14.4 Å². The maximum Gasteiger partial charge on any atom is 0.265 e. The fourth-order valence-corrected chi connectivity index (χ4v) is 4.40. The van der Waals surface area contributed by atoms with Crippen LogP contribution in [0.2, 0.25) is 0 Å². The monoisotopic (exact) mass is 529 g/mol. The van der Waals surface area contributed by atoms with Crippen LogP contribution in [0.4, 0.5) is 5.69 Å². The first kappa shape index (κ1) is 27.7. The van der Waals surface area contributed by atoms with Crippen LogP contribution in [0.5, 0.6) is 23.0 Å². The average Bonchev–Trinajstić information content (AvgIpc) is 3.41. The van der Waals surface area contributed by atoms with Crippen molar-refractivity contribution in [2.75, 3.05) is 58.4 Å². The van der Waals surface area contributed by atoms with Gasteiger partial charge in [0.1, 0.15) is 23.0 Å². The lowest BCUT2D eigenvalue weighted by molar-refractivity contribution is -0.152. The molecule has 3 rings (SSSR count). The second kappa shape index (κ2) is 13.4. The smallest absolute Gasteiger partial charge is 0.265 e. The number of hydrogen-bond acceptors (Lipinski definition) is 8. The lowest BCUT2D eigenvalue weighted by Crippen LogP contribution is -2.45. The molecular formula is C26H31N3O7S. The van der Waals surface area contributed by atoms with Gasteiger partial charge in [0, 0.05) is 30.8 Å². The molecule has 0 unspecified atom stereocenters. The van der Waals surface area contributed by atoms with Gasteiger partial charge in [-0.1, -0.05) is 0 Å². The number of anilines is 1. The molecule has 1 N–H and O–H groups in total. The van der Waals surface area contributed by atoms with Crippen LogP contribution in [0.15, 0.2) is 42.5 Å². The van der Waals surface area contributed by atoms with E-state index in [0.29, 0.717) is 53.8 Å². The molecule has 198 valence electrons. The lowest BCUT2D eigenvalue weighted by Gasteiger charge is -2.26. The molecule has 1 saturated heterocycles. The minimum absolute atomic E-state index is 0.0554. The van der Waals surface area contributed by atoms with Crippen LogP contribution in [-0.4, -0.2) is 80.8 Å². The summed E-state index contributed by atoms with van der Waals surface area (Å²) in [4.78, 5) is 38.1. The quantitative estimate of drug-likeness (QED) is 0.443. The molecule has 3 amide bonds. The summed E-state index contributed by atoms with van der Waals surface area (Å²) in [6.45, 7) is 0.875. The van der Waals surface area contributed by atoms with Crippen molar-refractivity contribution in [3.05, 3.63) is 48.0 Å². The number of thioether (sulfide) groups is 1. The van der Waals surface area contributed by atoms with E-state index in [1.54, 1.807) is 56.7 Å². The number of carbonyl (C=O) groups excluding carboxylic acids is 3. The Morgan fingerprint density at radius 1 is 0.865 bits per heavy atom. The highest BCUT2D eigenvalue weighted by Gasteiger charge is 2.29. The Labute approximate surface area is 220 Å². The fourth-order valence-electron chi connectivity index (χ4n) is 3.72. The molecule has 37 heavy (non-hydrogen) atoms. The fraction of sp³-hybridized carbons (Fsp3) is 0.346. The number of ether oxygens (including phenoxy) is 4. The van der Waals surface area contributed by atoms with Gasteiger partial charge in [-0.25, -0.2) is 5.01 Å². The molecule has 1 fully saturated rings. The average molecular weight is 530 g/mol. The van der Waals surface area contributed by atoms with Crippen molar-refractivity contribution in [3.8, 4) is 23.0 Å². The van der Waals surface area contributed by atoms with E-state index in [-0.39, 0.29) is 29.2 Å². The summed E-state index contributed by atoms with van der Waals surface area (Å²) in [5.41, 5.74) is 1.16. The molecule has 0 spiro atoms. The number of carbonyl (C=O) groups is 3. The van der Waals surface area contributed by atoms with Crippen molar-refractivity contribution in [3.63, 3.8) is 0 Å². The van der Waals surface area contributed by atoms with Crippen molar-refractivity contribution in [2.24, 2.45) is 0 Å². The highest BCUT2D eigenvalue weighted by Crippen LogP contribution is 2.29. The van der Waals surface area contributed by atoms with Crippen LogP contribution in [0.25, 0.3) is 6.08 Å². The standard InChI is InChI=1S/C26H31N3O7S/c1-33-19-7-9-22(35-3)18(14-19)6-11-25(31)28-12-5-13-29(28)26(32)17-37-16-24(30)27-21-15-20(34-2)8-10-23(21)36-4/h6-11,14-15H,5,12-13,16-17H2,1-4H3,(H,27,30). The molecule has 0 aromatic heterocycles. The Bertz CT molecular complexity index is 1150. The molecule has 0 atom stereocenters. The van der Waals surface area contributed by atoms with Gasteiger partial charge in [-0.15, -0.1) is 11.8 Å². The summed E-state index contributed by atoms with van der Waals surface area (Å²) in [5.74, 6) is 1.59. The van der Waals surface area contributed by atoms with Gasteiger partial charge in [0.15, 0.2) is 0 Å². The summed E-state index contributed by atoms with van der Waals surface area (Å²) in [6.07, 6.45) is 3.72. The molecule has 0 radical (unpaired) electrons. The minimum atomic E-state index is -0.316. The highest BCUT2D eigenvalue weighted by molar-refractivity contribution is 8.00. The van der Waals surface area contributed by atoms with Crippen LogP contribution >= 0.6 is 11.8 Å². The first-order chi connectivity index (χ1) is 17.9. The van der Waals surface area contributed by atoms with Crippen molar-refractivity contribution < 1.29 is 33.3 Å². The van der Waals surface area contributed by atoms with Gasteiger partial charge < -0.3 is 24.3 Å². The summed E-state index contributed by atoms with van der Waals surface area (Å²) >= 11 is 1.17. The molecule has 1 heterocycles. The molecule has 0 saturated carbocycles. The molecule has 0 bridgehead atoms. The minimum Gasteiger partial charge on any atom is -0.497 e. The zero-order valence-electron chi connectivity index (χ0n) is 21.3. The van der Waals surface area contributed by atoms with E-state index < -0.39 is 0 Å². The topological polar surface area (TPSA) is 107 Å². The van der Waals surface area contributed by atoms with E-state index in [1.807, 2.05) is 0 Å². The van der Waals surface area contributed by atoms with Crippen molar-refractivity contribution >= 4 is 41.2 Å². The summed E-state index contributed by atoms with van der Waals surface area (Å²) < 4.78 is 21.0. The number of hydrazine groups is 1. The molecular weight excluding hydrogens is 498 g/mol. The number of nitrogens with one attached hydrogen (secondary N) is 1. The van der Waals surface area contributed by atoms with Gasteiger partial charge in [0.2, 0.25) is 5.91 Å².